The van der Waals surface area contributed by atoms with Crippen LogP contribution in [-0.2, 0) is 18.6 Å². The number of esters is 1. The minimum absolute atomic E-state index is 0.115. The average Bonchev–Trinajstić information content (AvgIpc) is 2.36. The minimum Gasteiger partial charge on any atom is -0.466 e. The summed E-state index contributed by atoms with van der Waals surface area (Å²) in [7, 11) is -3.89. The Morgan fingerprint density at radius 2 is 2.14 bits per heavy atom. The summed E-state index contributed by atoms with van der Waals surface area (Å²) in [6.07, 6.45) is -1.45. The molecule has 0 saturated heterocycles. The molecule has 1 atom stereocenters. The number of aryl methyl sites for hydroxylation is 1. The number of carbonyl (C=O) groups is 1. The van der Waals surface area contributed by atoms with Gasteiger partial charge in [0, 0.05) is 6.07 Å². The second-order valence-corrected chi connectivity index (χ2v) is 5.85. The molecule has 0 saturated carbocycles. The Labute approximate surface area is 126 Å². The molecule has 1 rings (SSSR count). The smallest absolute Gasteiger partial charge is 0.336 e. The van der Waals surface area contributed by atoms with E-state index in [1.54, 1.807) is 6.92 Å². The predicted octanol–water partition coefficient (Wildman–Crippen LogP) is 1.33. The van der Waals surface area contributed by atoms with E-state index in [4.69, 9.17) is 20.3 Å². The zero-order chi connectivity index (χ0) is 16.9. The Bertz CT molecular complexity index is 617. The van der Waals surface area contributed by atoms with Crippen LogP contribution in [-0.4, -0.2) is 22.5 Å². The van der Waals surface area contributed by atoms with Crippen molar-refractivity contribution >= 4 is 19.3 Å². The van der Waals surface area contributed by atoms with Gasteiger partial charge in [0.2, 0.25) is 0 Å². The highest BCUT2D eigenvalue weighted by Gasteiger charge is 2.26. The summed E-state index contributed by atoms with van der Waals surface area (Å²) in [6.45, 7) is 3.20. The van der Waals surface area contributed by atoms with Gasteiger partial charge in [-0.15, -0.1) is 0 Å². The number of aromatic nitrogens is 1. The third-order valence-electron chi connectivity index (χ3n) is 2.56. The molecule has 0 spiro atoms. The van der Waals surface area contributed by atoms with Crippen LogP contribution in [0.5, 0.6) is 0 Å². The fourth-order valence-corrected chi connectivity index (χ4v) is 2.29. The van der Waals surface area contributed by atoms with Crippen LogP contribution in [0.3, 0.4) is 0 Å². The van der Waals surface area contributed by atoms with Crippen molar-refractivity contribution in [2.75, 3.05) is 6.61 Å². The molecule has 0 aromatic carbocycles. The number of nitro groups is 1. The molecule has 22 heavy (non-hydrogen) atoms. The maximum absolute atomic E-state index is 11.6. The van der Waals surface area contributed by atoms with E-state index in [0.717, 1.165) is 0 Å². The highest BCUT2D eigenvalue weighted by Crippen LogP contribution is 2.37. The normalized spacial score (nSPS) is 12.7. The molecule has 11 heteroatoms. The maximum Gasteiger partial charge on any atom is 0.336 e. The lowest BCUT2D eigenvalue weighted by atomic mass is 10.1. The zero-order valence-corrected chi connectivity index (χ0v) is 13.0. The number of ether oxygens (including phenoxy) is 1. The van der Waals surface area contributed by atoms with Crippen LogP contribution in [0.4, 0.5) is 5.69 Å². The Morgan fingerprint density at radius 1 is 1.50 bits per heavy atom. The van der Waals surface area contributed by atoms with E-state index >= 15 is 0 Å². The summed E-state index contributed by atoms with van der Waals surface area (Å²) < 4.78 is 21.2. The van der Waals surface area contributed by atoms with E-state index in [0.29, 0.717) is 0 Å². The number of carbonyl (C=O) groups excluding carboxylic acids is 1. The fourth-order valence-electron chi connectivity index (χ4n) is 1.71. The van der Waals surface area contributed by atoms with Gasteiger partial charge in [-0.1, -0.05) is 0 Å². The van der Waals surface area contributed by atoms with Gasteiger partial charge < -0.3 is 4.74 Å². The zero-order valence-electron chi connectivity index (χ0n) is 12.1. The van der Waals surface area contributed by atoms with E-state index in [-0.39, 0.29) is 30.1 Å². The van der Waals surface area contributed by atoms with Crippen molar-refractivity contribution in [2.45, 2.75) is 26.4 Å². The van der Waals surface area contributed by atoms with Crippen molar-refractivity contribution in [1.29, 1.82) is 0 Å². The van der Waals surface area contributed by atoms with E-state index < -0.39 is 24.7 Å². The summed E-state index contributed by atoms with van der Waals surface area (Å²) in [6, 6.07) is 2.49. The molecule has 4 N–H and O–H groups in total. The second kappa shape index (κ2) is 7.41. The second-order valence-electron chi connectivity index (χ2n) is 4.35. The number of rotatable bonds is 7. The Kier molecular flexibility index (Phi) is 6.12. The lowest BCUT2D eigenvalue weighted by molar-refractivity contribution is -0.385. The summed E-state index contributed by atoms with van der Waals surface area (Å²) in [5.74, 6) is -0.626. The molecule has 0 bridgehead atoms. The van der Waals surface area contributed by atoms with E-state index in [2.05, 4.69) is 4.98 Å². The third kappa shape index (κ3) is 5.49. The number of hydrogen-bond donors (Lipinski definition) is 2. The lowest BCUT2D eigenvalue weighted by Crippen LogP contribution is -2.18. The molecule has 122 valence electrons. The molecule has 0 aliphatic rings. The van der Waals surface area contributed by atoms with E-state index in [1.165, 1.54) is 19.1 Å². The number of nitrogens with zero attached hydrogens (tertiary/aromatic N) is 2. The van der Waals surface area contributed by atoms with Gasteiger partial charge in [0.25, 0.3) is 5.69 Å². The molecule has 1 aromatic rings. The van der Waals surface area contributed by atoms with Crippen LogP contribution < -0.4 is 11.0 Å². The molecular weight excluding hydrogens is 315 g/mol. The van der Waals surface area contributed by atoms with Gasteiger partial charge in [0.05, 0.1) is 23.6 Å². The van der Waals surface area contributed by atoms with Crippen LogP contribution in [0.1, 0.15) is 30.8 Å². The predicted molar refractivity (Wildman–Crippen MR) is 76.7 cm³/mol. The molecular formula is C11H17N4O6P. The van der Waals surface area contributed by atoms with Gasteiger partial charge in [-0.3, -0.25) is 24.0 Å². The quantitative estimate of drug-likeness (QED) is 0.325. The van der Waals surface area contributed by atoms with Crippen LogP contribution in [0.15, 0.2) is 12.1 Å². The average molecular weight is 332 g/mol. The first-order chi connectivity index (χ1) is 10.1. The SMILES string of the molecule is CCOC(=O)CC(OP(N)(N)=O)c1ccc([N+](=O)[O-])c(C)n1. The standard InChI is InChI=1S/C11H17N4O6P/c1-3-20-11(16)6-10(21-22(12,13)19)8-4-5-9(15(17)18)7(2)14-8/h4-5,10H,3,6H2,1-2H3,(H4,12,13,19). The van der Waals surface area contributed by atoms with Crippen LogP contribution in [0, 0.1) is 17.0 Å². The lowest BCUT2D eigenvalue weighted by Gasteiger charge is -2.18. The van der Waals surface area contributed by atoms with Gasteiger partial charge in [0.15, 0.2) is 0 Å². The third-order valence-corrected chi connectivity index (χ3v) is 3.14. The van der Waals surface area contributed by atoms with Gasteiger partial charge >= 0.3 is 13.6 Å². The summed E-state index contributed by atoms with van der Waals surface area (Å²) >= 11 is 0. The van der Waals surface area contributed by atoms with E-state index in [1.807, 2.05) is 0 Å². The Hall–Kier alpha value is -1.87. The van der Waals surface area contributed by atoms with Crippen LogP contribution in [0.25, 0.3) is 0 Å². The first kappa shape index (κ1) is 18.2. The van der Waals surface area contributed by atoms with Gasteiger partial charge in [0.1, 0.15) is 11.8 Å². The monoisotopic (exact) mass is 332 g/mol. The highest BCUT2D eigenvalue weighted by atomic mass is 31.2. The van der Waals surface area contributed by atoms with Crippen LogP contribution >= 0.6 is 7.67 Å². The molecule has 0 fully saturated rings. The summed E-state index contributed by atoms with van der Waals surface area (Å²) in [5, 5.41) is 10.8. The van der Waals surface area contributed by atoms with Gasteiger partial charge in [-0.25, -0.2) is 16.0 Å². The van der Waals surface area contributed by atoms with Crippen molar-refractivity contribution in [3.8, 4) is 0 Å². The first-order valence-corrected chi connectivity index (χ1v) is 8.03. The fraction of sp³-hybridized carbons (Fsp3) is 0.455. The number of pyridine rings is 1. The Morgan fingerprint density at radius 3 is 2.59 bits per heavy atom. The largest absolute Gasteiger partial charge is 0.466 e. The van der Waals surface area contributed by atoms with Crippen molar-refractivity contribution in [2.24, 2.45) is 11.0 Å². The number of nitrogens with two attached hydrogens (primary N) is 2. The first-order valence-electron chi connectivity index (χ1n) is 6.27. The molecule has 0 radical (unpaired) electrons. The molecule has 1 heterocycles. The summed E-state index contributed by atoms with van der Waals surface area (Å²) in [4.78, 5) is 25.7. The van der Waals surface area contributed by atoms with Crippen molar-refractivity contribution in [3.63, 3.8) is 0 Å². The topological polar surface area (TPSA) is 161 Å². The van der Waals surface area contributed by atoms with Crippen molar-refractivity contribution in [3.05, 3.63) is 33.6 Å². The molecule has 1 unspecified atom stereocenters. The van der Waals surface area contributed by atoms with Crippen LogP contribution in [0.2, 0.25) is 0 Å². The molecule has 10 nitrogen and oxygen atoms in total. The van der Waals surface area contributed by atoms with Gasteiger partial charge in [-0.05, 0) is 19.9 Å². The maximum atomic E-state index is 11.6. The van der Waals surface area contributed by atoms with E-state index in [9.17, 15) is 19.5 Å². The molecule has 0 aliphatic carbocycles. The minimum atomic E-state index is -3.89. The Balaban J connectivity index is 3.09. The summed E-state index contributed by atoms with van der Waals surface area (Å²) in [5.41, 5.74) is 10.4. The number of hydrogen-bond acceptors (Lipinski definition) is 7. The molecule has 1 aromatic heterocycles. The van der Waals surface area contributed by atoms with Crippen molar-refractivity contribution in [1.82, 2.24) is 4.98 Å². The van der Waals surface area contributed by atoms with Crippen molar-refractivity contribution < 1.29 is 23.5 Å². The van der Waals surface area contributed by atoms with Gasteiger partial charge in [-0.2, -0.15) is 0 Å². The molecule has 0 aliphatic heterocycles. The highest BCUT2D eigenvalue weighted by molar-refractivity contribution is 7.53. The molecule has 0 amide bonds.